The molecule has 8 aromatic rings. The maximum atomic E-state index is 2.28. The summed E-state index contributed by atoms with van der Waals surface area (Å²) in [6, 6.07) is 52.5. The van der Waals surface area contributed by atoms with Crippen molar-refractivity contribution < 1.29 is 26.2 Å². The van der Waals surface area contributed by atoms with Crippen LogP contribution in [0.5, 0.6) is 0 Å². The zero-order valence-electron chi connectivity index (χ0n) is 27.7. The minimum atomic E-state index is 0. The standard InChI is InChI=1S/2C20H15.C2H6.CH3.2ClH.Si.Zr/c2*1-14-12-16-8-5-11-19(20(16)13-14)18-10-4-7-15-6-2-3-9-17(15)18;1-2;;;;;/h2*2-13H,1H3;1-2H3;1H3;2*1H;;/q2*-1;;-1;;;;+3. The van der Waals surface area contributed by atoms with Crippen LogP contribution in [0.1, 0.15) is 25.0 Å². The normalized spacial score (nSPS) is 9.70. The van der Waals surface area contributed by atoms with Crippen LogP contribution in [0.3, 0.4) is 0 Å². The minimum Gasteiger partial charge on any atom is -0.358 e. The van der Waals surface area contributed by atoms with Gasteiger partial charge in [-0.05, 0) is 32.7 Å². The maximum Gasteiger partial charge on any atom is 3.00 e. The van der Waals surface area contributed by atoms with E-state index in [1.165, 1.54) is 76.5 Å². The number of benzene rings is 6. The number of hydrogen-bond donors (Lipinski definition) is 0. The molecule has 0 aliphatic heterocycles. The van der Waals surface area contributed by atoms with Gasteiger partial charge in [0.25, 0.3) is 0 Å². The predicted molar refractivity (Wildman–Crippen MR) is 212 cm³/mol. The van der Waals surface area contributed by atoms with Gasteiger partial charge in [0.2, 0.25) is 0 Å². The van der Waals surface area contributed by atoms with Crippen molar-refractivity contribution in [2.24, 2.45) is 0 Å². The second kappa shape index (κ2) is 18.9. The zero-order chi connectivity index (χ0) is 29.1. The number of hydrogen-bond acceptors (Lipinski definition) is 0. The van der Waals surface area contributed by atoms with Gasteiger partial charge < -0.3 is 7.43 Å². The van der Waals surface area contributed by atoms with E-state index in [0.717, 1.165) is 0 Å². The molecular formula is C43H41Cl2SiZr. The summed E-state index contributed by atoms with van der Waals surface area (Å²) in [5, 5.41) is 10.6. The summed E-state index contributed by atoms with van der Waals surface area (Å²) in [6.45, 7) is 8.32. The first-order valence-corrected chi connectivity index (χ1v) is 14.9. The molecule has 4 heteroatoms. The largest absolute Gasteiger partial charge is 3.00 e. The van der Waals surface area contributed by atoms with Crippen molar-refractivity contribution in [1.82, 2.24) is 0 Å². The van der Waals surface area contributed by atoms with Gasteiger partial charge in [0.05, 0.1) is 0 Å². The van der Waals surface area contributed by atoms with E-state index in [1.54, 1.807) is 0 Å². The van der Waals surface area contributed by atoms with Gasteiger partial charge in [0.1, 0.15) is 0 Å². The van der Waals surface area contributed by atoms with Crippen molar-refractivity contribution in [3.63, 3.8) is 0 Å². The van der Waals surface area contributed by atoms with Crippen molar-refractivity contribution in [3.05, 3.63) is 164 Å². The van der Waals surface area contributed by atoms with E-state index in [2.05, 4.69) is 159 Å². The van der Waals surface area contributed by atoms with E-state index in [-0.39, 0.29) is 69.4 Å². The molecule has 0 amide bonds. The third kappa shape index (κ3) is 8.62. The molecule has 0 saturated carbocycles. The van der Waals surface area contributed by atoms with Crippen molar-refractivity contribution in [1.29, 1.82) is 0 Å². The smallest absolute Gasteiger partial charge is 0.358 e. The zero-order valence-corrected chi connectivity index (χ0v) is 32.8. The van der Waals surface area contributed by atoms with Crippen molar-refractivity contribution in [3.8, 4) is 22.3 Å². The molecule has 8 rings (SSSR count). The van der Waals surface area contributed by atoms with Crippen molar-refractivity contribution in [2.75, 3.05) is 0 Å². The maximum absolute atomic E-state index is 2.28. The van der Waals surface area contributed by atoms with Gasteiger partial charge in [-0.15, -0.1) is 93.9 Å². The average Bonchev–Trinajstić information content (AvgIpc) is 3.62. The molecule has 0 atom stereocenters. The Hall–Kier alpha value is -3.26. The first kappa shape index (κ1) is 41.8. The van der Waals surface area contributed by atoms with Gasteiger partial charge in [-0.3, -0.25) is 0 Å². The molecule has 8 aromatic carbocycles. The Morgan fingerprint density at radius 2 is 0.702 bits per heavy atom. The molecule has 0 aromatic heterocycles. The number of rotatable bonds is 2. The molecule has 0 bridgehead atoms. The van der Waals surface area contributed by atoms with Gasteiger partial charge in [-0.25, -0.2) is 0 Å². The molecule has 0 saturated heterocycles. The summed E-state index contributed by atoms with van der Waals surface area (Å²) in [5.74, 6) is 0. The monoisotopic (exact) mass is 745 g/mol. The molecule has 0 fully saturated rings. The van der Waals surface area contributed by atoms with E-state index in [9.17, 15) is 0 Å². The second-order valence-electron chi connectivity index (χ2n) is 10.7. The molecule has 0 aliphatic rings. The van der Waals surface area contributed by atoms with Crippen molar-refractivity contribution >= 4 is 78.9 Å². The van der Waals surface area contributed by atoms with Crippen LogP contribution in [0.15, 0.2) is 146 Å². The van der Waals surface area contributed by atoms with Gasteiger partial charge >= 0.3 is 26.2 Å². The summed E-state index contributed by atoms with van der Waals surface area (Å²) in [7, 11) is 0. The van der Waals surface area contributed by atoms with E-state index in [1.807, 2.05) is 13.8 Å². The van der Waals surface area contributed by atoms with E-state index < -0.39 is 0 Å². The second-order valence-corrected chi connectivity index (χ2v) is 10.7. The number of fused-ring (bicyclic) bond motifs is 4. The van der Waals surface area contributed by atoms with Gasteiger partial charge in [0, 0.05) is 11.0 Å². The molecule has 0 nitrogen and oxygen atoms in total. The van der Waals surface area contributed by atoms with Gasteiger partial charge in [-0.2, -0.15) is 12.1 Å². The molecule has 235 valence electrons. The molecule has 0 spiro atoms. The molecular weight excluding hydrogens is 707 g/mol. The van der Waals surface area contributed by atoms with Gasteiger partial charge in [-0.1, -0.05) is 136 Å². The summed E-state index contributed by atoms with van der Waals surface area (Å²) in [5.41, 5.74) is 7.94. The topological polar surface area (TPSA) is 0 Å². The van der Waals surface area contributed by atoms with Gasteiger partial charge in [0.15, 0.2) is 0 Å². The summed E-state index contributed by atoms with van der Waals surface area (Å²) in [4.78, 5) is 0. The molecule has 0 N–H and O–H groups in total. The number of halogens is 2. The Morgan fingerprint density at radius 1 is 0.404 bits per heavy atom. The van der Waals surface area contributed by atoms with Crippen LogP contribution in [0.4, 0.5) is 0 Å². The molecule has 0 unspecified atom stereocenters. The fourth-order valence-electron chi connectivity index (χ4n) is 6.16. The SMILES string of the molecule is CC.Cc1cc2c(-c3cccc4ccccc34)cccc2[cH-]1.Cc1cc2c(-c3cccc4ccccc34)cccc2[cH-]1.Cl.Cl.[CH3-].[Si].[Zr+3]. The third-order valence-corrected chi connectivity index (χ3v) is 7.95. The van der Waals surface area contributed by atoms with E-state index >= 15 is 0 Å². The van der Waals surface area contributed by atoms with Crippen LogP contribution in [-0.2, 0) is 26.2 Å². The van der Waals surface area contributed by atoms with Crippen LogP contribution in [0.2, 0.25) is 0 Å². The Labute approximate surface area is 316 Å². The quantitative estimate of drug-likeness (QED) is 0.122. The predicted octanol–water partition coefficient (Wildman–Crippen LogP) is 13.3. The Balaban J connectivity index is 0.000000406. The fraction of sp³-hybridized carbons (Fsp3) is 0.0930. The Morgan fingerprint density at radius 3 is 1.09 bits per heavy atom. The summed E-state index contributed by atoms with van der Waals surface area (Å²) in [6.07, 6.45) is 0. The van der Waals surface area contributed by atoms with Crippen LogP contribution >= 0.6 is 24.8 Å². The first-order valence-electron chi connectivity index (χ1n) is 14.9. The van der Waals surface area contributed by atoms with Crippen molar-refractivity contribution in [2.45, 2.75) is 27.7 Å². The van der Waals surface area contributed by atoms with Crippen LogP contribution < -0.4 is 0 Å². The van der Waals surface area contributed by atoms with Crippen LogP contribution in [0, 0.1) is 21.3 Å². The fourth-order valence-corrected chi connectivity index (χ4v) is 6.16. The average molecular weight is 748 g/mol. The minimum absolute atomic E-state index is 0. The Kier molecular flexibility index (Phi) is 16.8. The molecule has 5 radical (unpaired) electrons. The molecule has 0 heterocycles. The van der Waals surface area contributed by atoms with E-state index in [4.69, 9.17) is 0 Å². The summed E-state index contributed by atoms with van der Waals surface area (Å²) < 4.78 is 0. The molecule has 0 aliphatic carbocycles. The number of aryl methyl sites for hydroxylation is 2. The molecule has 47 heavy (non-hydrogen) atoms. The Bertz CT molecular complexity index is 1990. The first-order chi connectivity index (χ1) is 20.7. The van der Waals surface area contributed by atoms with Crippen LogP contribution in [0.25, 0.3) is 65.3 Å². The van der Waals surface area contributed by atoms with Crippen LogP contribution in [-0.4, -0.2) is 11.0 Å². The summed E-state index contributed by atoms with van der Waals surface area (Å²) >= 11 is 0. The van der Waals surface area contributed by atoms with E-state index in [0.29, 0.717) is 0 Å². The third-order valence-electron chi connectivity index (χ3n) is 7.95.